The minimum atomic E-state index is -0.0977. The number of carbonyl (C=O) groups excluding carboxylic acids is 1. The fourth-order valence-electron chi connectivity index (χ4n) is 5.12. The number of benzene rings is 1. The van der Waals surface area contributed by atoms with Crippen LogP contribution in [-0.2, 0) is 4.79 Å². The number of aryl methyl sites for hydroxylation is 1. The molecule has 2 aliphatic heterocycles. The summed E-state index contributed by atoms with van der Waals surface area (Å²) in [5.74, 6) is 2.52. The van der Waals surface area contributed by atoms with Crippen LogP contribution < -0.4 is 20.3 Å². The van der Waals surface area contributed by atoms with Crippen molar-refractivity contribution in [2.24, 2.45) is 0 Å². The van der Waals surface area contributed by atoms with Gasteiger partial charge in [-0.1, -0.05) is 6.42 Å². The standard InChI is InChI=1S/C28H39N9O2S/c1-20-19-24(34-33-20)30-26-25(39-3)27(32-28(31-26)40-23-9-7-22(8-10-23)29-21(2)38)37-17-15-36(16-18-37)14-13-35-11-5-4-6-12-35/h7-10,19H,4-6,11-18H2,1-3H3,(H,29,38)(H2,30,31,32,33,34). The van der Waals surface area contributed by atoms with Gasteiger partial charge in [0.15, 0.2) is 22.6 Å². The summed E-state index contributed by atoms with van der Waals surface area (Å²) in [6.45, 7) is 11.9. The highest BCUT2D eigenvalue weighted by Crippen LogP contribution is 2.38. The zero-order valence-corrected chi connectivity index (χ0v) is 24.4. The molecule has 1 amide bonds. The van der Waals surface area contributed by atoms with E-state index in [1.54, 1.807) is 7.11 Å². The lowest BCUT2D eigenvalue weighted by molar-refractivity contribution is -0.114. The van der Waals surface area contributed by atoms with E-state index in [0.717, 1.165) is 61.4 Å². The minimum Gasteiger partial charge on any atom is -0.490 e. The summed E-state index contributed by atoms with van der Waals surface area (Å²) in [7, 11) is 1.66. The second kappa shape index (κ2) is 13.3. The molecule has 40 heavy (non-hydrogen) atoms. The summed E-state index contributed by atoms with van der Waals surface area (Å²) in [6, 6.07) is 9.59. The summed E-state index contributed by atoms with van der Waals surface area (Å²) in [4.78, 5) is 29.6. The largest absolute Gasteiger partial charge is 0.490 e. The average Bonchev–Trinajstić information content (AvgIpc) is 3.37. The molecule has 3 N–H and O–H groups in total. The fourth-order valence-corrected chi connectivity index (χ4v) is 5.87. The molecule has 0 saturated carbocycles. The van der Waals surface area contributed by atoms with Crippen molar-refractivity contribution in [1.29, 1.82) is 0 Å². The van der Waals surface area contributed by atoms with E-state index in [1.165, 1.54) is 51.0 Å². The quantitative estimate of drug-likeness (QED) is 0.312. The molecule has 214 valence electrons. The van der Waals surface area contributed by atoms with E-state index in [4.69, 9.17) is 14.7 Å². The third-order valence-electron chi connectivity index (χ3n) is 7.22. The maximum Gasteiger partial charge on any atom is 0.221 e. The molecule has 11 nitrogen and oxygen atoms in total. The molecular weight excluding hydrogens is 526 g/mol. The lowest BCUT2D eigenvalue weighted by atomic mass is 10.1. The van der Waals surface area contributed by atoms with Crippen molar-refractivity contribution in [2.75, 3.05) is 75.0 Å². The number of carbonyl (C=O) groups is 1. The van der Waals surface area contributed by atoms with E-state index in [2.05, 4.69) is 35.5 Å². The number of aromatic amines is 1. The van der Waals surface area contributed by atoms with Gasteiger partial charge in [-0.05, 0) is 68.9 Å². The normalized spacial score (nSPS) is 16.6. The molecule has 2 fully saturated rings. The number of aromatic nitrogens is 4. The van der Waals surface area contributed by atoms with Gasteiger partial charge in [-0.2, -0.15) is 5.10 Å². The van der Waals surface area contributed by atoms with Crippen LogP contribution in [0.2, 0.25) is 0 Å². The van der Waals surface area contributed by atoms with Gasteiger partial charge in [-0.25, -0.2) is 9.97 Å². The summed E-state index contributed by atoms with van der Waals surface area (Å²) in [5, 5.41) is 14.0. The van der Waals surface area contributed by atoms with Gasteiger partial charge in [0.25, 0.3) is 0 Å². The number of amides is 1. The number of hydrogen-bond donors (Lipinski definition) is 3. The number of rotatable bonds is 10. The number of methoxy groups -OCH3 is 1. The van der Waals surface area contributed by atoms with Crippen LogP contribution in [-0.4, -0.2) is 95.3 Å². The first-order valence-electron chi connectivity index (χ1n) is 14.0. The number of hydrogen-bond acceptors (Lipinski definition) is 10. The summed E-state index contributed by atoms with van der Waals surface area (Å²) >= 11 is 1.47. The molecule has 2 aromatic heterocycles. The van der Waals surface area contributed by atoms with Gasteiger partial charge in [0.1, 0.15) is 0 Å². The van der Waals surface area contributed by atoms with Crippen molar-refractivity contribution in [3.63, 3.8) is 0 Å². The molecule has 0 aliphatic carbocycles. The molecular formula is C28H39N9O2S. The Morgan fingerprint density at radius 3 is 2.33 bits per heavy atom. The molecule has 0 atom stereocenters. The molecule has 4 heterocycles. The van der Waals surface area contributed by atoms with E-state index in [9.17, 15) is 4.79 Å². The highest BCUT2D eigenvalue weighted by Gasteiger charge is 2.25. The van der Waals surface area contributed by atoms with E-state index in [0.29, 0.717) is 22.5 Å². The molecule has 5 rings (SSSR count). The number of H-pyrrole nitrogens is 1. The van der Waals surface area contributed by atoms with E-state index in [1.807, 2.05) is 37.3 Å². The van der Waals surface area contributed by atoms with Crippen LogP contribution in [0.4, 0.5) is 23.1 Å². The van der Waals surface area contributed by atoms with Crippen LogP contribution in [0.3, 0.4) is 0 Å². The van der Waals surface area contributed by atoms with Gasteiger partial charge in [0, 0.05) is 68.5 Å². The third-order valence-corrected chi connectivity index (χ3v) is 8.09. The van der Waals surface area contributed by atoms with Gasteiger partial charge >= 0.3 is 0 Å². The number of nitrogens with zero attached hydrogens (tertiary/aromatic N) is 6. The maximum absolute atomic E-state index is 11.4. The van der Waals surface area contributed by atoms with E-state index >= 15 is 0 Å². The van der Waals surface area contributed by atoms with Crippen LogP contribution >= 0.6 is 11.8 Å². The van der Waals surface area contributed by atoms with Crippen molar-refractivity contribution in [2.45, 2.75) is 43.2 Å². The highest BCUT2D eigenvalue weighted by atomic mass is 32.2. The van der Waals surface area contributed by atoms with Crippen molar-refractivity contribution < 1.29 is 9.53 Å². The minimum absolute atomic E-state index is 0.0977. The third kappa shape index (κ3) is 7.43. The molecule has 0 bridgehead atoms. The topological polar surface area (TPSA) is 115 Å². The second-order valence-corrected chi connectivity index (χ2v) is 11.4. The summed E-state index contributed by atoms with van der Waals surface area (Å²) < 4.78 is 5.88. The second-order valence-electron chi connectivity index (χ2n) is 10.3. The Labute approximate surface area is 240 Å². The predicted octanol–water partition coefficient (Wildman–Crippen LogP) is 3.98. The van der Waals surface area contributed by atoms with Gasteiger partial charge in [0.2, 0.25) is 11.7 Å². The Bertz CT molecular complexity index is 1270. The Hall–Kier alpha value is -3.35. The van der Waals surface area contributed by atoms with Crippen LogP contribution in [0.5, 0.6) is 5.75 Å². The van der Waals surface area contributed by atoms with Crippen LogP contribution in [0.15, 0.2) is 40.4 Å². The Morgan fingerprint density at radius 2 is 1.70 bits per heavy atom. The number of likely N-dealkylation sites (tertiary alicyclic amines) is 1. The SMILES string of the molecule is COc1c(Nc2cc(C)[nH]n2)nc(Sc2ccc(NC(C)=O)cc2)nc1N1CCN(CCN2CCCCC2)CC1. The first-order valence-corrected chi connectivity index (χ1v) is 14.8. The molecule has 0 spiro atoms. The molecule has 0 radical (unpaired) electrons. The lowest BCUT2D eigenvalue weighted by Gasteiger charge is -2.37. The molecule has 3 aromatic rings. The van der Waals surface area contributed by atoms with Crippen LogP contribution in [0.25, 0.3) is 0 Å². The lowest BCUT2D eigenvalue weighted by Crippen LogP contribution is -2.49. The maximum atomic E-state index is 11.4. The highest BCUT2D eigenvalue weighted by molar-refractivity contribution is 7.99. The van der Waals surface area contributed by atoms with E-state index < -0.39 is 0 Å². The zero-order valence-electron chi connectivity index (χ0n) is 23.6. The van der Waals surface area contributed by atoms with Crippen LogP contribution in [0, 0.1) is 6.92 Å². The number of anilines is 4. The van der Waals surface area contributed by atoms with Gasteiger partial charge in [-0.3, -0.25) is 14.8 Å². The Balaban J connectivity index is 1.33. The summed E-state index contributed by atoms with van der Waals surface area (Å²) in [5.41, 5.74) is 1.70. The Kier molecular flexibility index (Phi) is 9.40. The van der Waals surface area contributed by atoms with E-state index in [-0.39, 0.29) is 5.91 Å². The first-order chi connectivity index (χ1) is 19.5. The monoisotopic (exact) mass is 565 g/mol. The molecule has 1 aromatic carbocycles. The van der Waals surface area contributed by atoms with Crippen molar-refractivity contribution in [1.82, 2.24) is 30.0 Å². The smallest absolute Gasteiger partial charge is 0.221 e. The van der Waals surface area contributed by atoms with Crippen molar-refractivity contribution >= 4 is 40.8 Å². The molecule has 2 saturated heterocycles. The number of ether oxygens (including phenoxy) is 1. The number of nitrogens with one attached hydrogen (secondary N) is 3. The van der Waals surface area contributed by atoms with Crippen LogP contribution in [0.1, 0.15) is 31.9 Å². The number of piperidine rings is 1. The van der Waals surface area contributed by atoms with Crippen molar-refractivity contribution in [3.8, 4) is 5.75 Å². The van der Waals surface area contributed by atoms with Gasteiger partial charge in [0.05, 0.1) is 7.11 Å². The zero-order chi connectivity index (χ0) is 27.9. The Morgan fingerprint density at radius 1 is 1.00 bits per heavy atom. The molecule has 12 heteroatoms. The average molecular weight is 566 g/mol. The van der Waals surface area contributed by atoms with Crippen molar-refractivity contribution in [3.05, 3.63) is 36.0 Å². The van der Waals surface area contributed by atoms with Gasteiger partial charge in [-0.15, -0.1) is 0 Å². The fraction of sp³-hybridized carbons (Fsp3) is 0.500. The summed E-state index contributed by atoms with van der Waals surface area (Å²) in [6.07, 6.45) is 4.03. The molecule has 0 unspecified atom stereocenters. The molecule has 2 aliphatic rings. The van der Waals surface area contributed by atoms with Gasteiger partial charge < -0.3 is 25.2 Å². The first kappa shape index (κ1) is 28.2. The predicted molar refractivity (Wildman–Crippen MR) is 159 cm³/mol. The number of piperazine rings is 1.